The molecule has 6 nitrogen and oxygen atoms in total. The van der Waals surface area contributed by atoms with Gasteiger partial charge in [-0.05, 0) is 42.7 Å². The van der Waals surface area contributed by atoms with Crippen molar-refractivity contribution in [3.05, 3.63) is 65.8 Å². The third-order valence-corrected chi connectivity index (χ3v) is 5.41. The van der Waals surface area contributed by atoms with Crippen molar-refractivity contribution in [2.45, 2.75) is 24.9 Å². The van der Waals surface area contributed by atoms with Gasteiger partial charge in [0.1, 0.15) is 11.3 Å². The number of fused-ring (bicyclic) bond motifs is 1. The molecule has 152 valence electrons. The summed E-state index contributed by atoms with van der Waals surface area (Å²) in [7, 11) is 1.58. The van der Waals surface area contributed by atoms with Crippen LogP contribution in [0.25, 0.3) is 11.1 Å². The van der Waals surface area contributed by atoms with E-state index in [2.05, 4.69) is 10.3 Å². The summed E-state index contributed by atoms with van der Waals surface area (Å²) in [5.41, 5.74) is 2.49. The average Bonchev–Trinajstić information content (AvgIpc) is 3.19. The van der Waals surface area contributed by atoms with Gasteiger partial charge in [-0.15, -0.1) is 0 Å². The van der Waals surface area contributed by atoms with Gasteiger partial charge in [-0.25, -0.2) is 14.2 Å². The summed E-state index contributed by atoms with van der Waals surface area (Å²) in [6.45, 7) is 1.61. The molecule has 2 aromatic carbocycles. The number of rotatable bonds is 5. The predicted molar refractivity (Wildman–Crippen MR) is 107 cm³/mol. The molecule has 1 aliphatic heterocycles. The minimum absolute atomic E-state index is 0.120. The number of carbonyl (C=O) groups excluding carboxylic acids is 1. The van der Waals surface area contributed by atoms with Gasteiger partial charge >= 0.3 is 6.03 Å². The molecule has 0 spiro atoms. The fourth-order valence-electron chi connectivity index (χ4n) is 3.70. The number of halogens is 1. The zero-order valence-corrected chi connectivity index (χ0v) is 16.3. The topological polar surface area (TPSA) is 67.6 Å². The van der Waals surface area contributed by atoms with Crippen molar-refractivity contribution < 1.29 is 18.3 Å². The number of nitrogens with one attached hydrogen (secondary N) is 1. The lowest BCUT2D eigenvalue weighted by molar-refractivity contribution is 0.100. The molecule has 1 N–H and O–H groups in total. The standard InChI is InChI=1S/C22H24FN3O3/c1-28-20(15-6-8-17(23)9-7-15)14-24-22(27)26-12-10-16(11-13-26)21-25-18-4-2-3-5-19(18)29-21/h2-9,16,20H,10-14H2,1H3,(H,24,27). The highest BCUT2D eigenvalue weighted by Gasteiger charge is 2.27. The molecule has 4 rings (SSSR count). The SMILES string of the molecule is COC(CNC(=O)N1CCC(c2nc3ccccc3o2)CC1)c1ccc(F)cc1. The Hall–Kier alpha value is -2.93. The van der Waals surface area contributed by atoms with Crippen LogP contribution >= 0.6 is 0 Å². The van der Waals surface area contributed by atoms with Crippen LogP contribution in [0.1, 0.15) is 36.3 Å². The Kier molecular flexibility index (Phi) is 5.76. The Morgan fingerprint density at radius 2 is 1.97 bits per heavy atom. The van der Waals surface area contributed by atoms with E-state index >= 15 is 0 Å². The van der Waals surface area contributed by atoms with Crippen LogP contribution in [-0.2, 0) is 4.74 Å². The Morgan fingerprint density at radius 3 is 2.66 bits per heavy atom. The maximum atomic E-state index is 13.1. The molecule has 1 atom stereocenters. The van der Waals surface area contributed by atoms with Crippen LogP contribution in [-0.4, -0.2) is 42.7 Å². The summed E-state index contributed by atoms with van der Waals surface area (Å²) in [4.78, 5) is 18.9. The Morgan fingerprint density at radius 1 is 1.24 bits per heavy atom. The molecule has 1 aromatic heterocycles. The van der Waals surface area contributed by atoms with E-state index in [0.717, 1.165) is 35.4 Å². The van der Waals surface area contributed by atoms with Crippen molar-refractivity contribution in [1.82, 2.24) is 15.2 Å². The van der Waals surface area contributed by atoms with Crippen molar-refractivity contribution in [2.75, 3.05) is 26.7 Å². The van der Waals surface area contributed by atoms with Gasteiger partial charge in [0, 0.05) is 32.7 Å². The molecule has 0 radical (unpaired) electrons. The zero-order valence-electron chi connectivity index (χ0n) is 16.3. The van der Waals surface area contributed by atoms with Crippen LogP contribution < -0.4 is 5.32 Å². The molecule has 1 saturated heterocycles. The number of nitrogens with zero attached hydrogens (tertiary/aromatic N) is 2. The molecule has 29 heavy (non-hydrogen) atoms. The van der Waals surface area contributed by atoms with Gasteiger partial charge in [-0.3, -0.25) is 0 Å². The molecule has 2 amide bonds. The minimum atomic E-state index is -0.322. The lowest BCUT2D eigenvalue weighted by Crippen LogP contribution is -2.45. The fourth-order valence-corrected chi connectivity index (χ4v) is 3.70. The number of methoxy groups -OCH3 is 1. The maximum absolute atomic E-state index is 13.1. The second-order valence-electron chi connectivity index (χ2n) is 7.24. The van der Waals surface area contributed by atoms with Gasteiger partial charge in [0.15, 0.2) is 11.5 Å². The van der Waals surface area contributed by atoms with Gasteiger partial charge in [0.25, 0.3) is 0 Å². The highest BCUT2D eigenvalue weighted by Crippen LogP contribution is 2.30. The monoisotopic (exact) mass is 397 g/mol. The van der Waals surface area contributed by atoms with E-state index in [1.165, 1.54) is 12.1 Å². The maximum Gasteiger partial charge on any atom is 0.317 e. The van der Waals surface area contributed by atoms with Crippen molar-refractivity contribution >= 4 is 17.1 Å². The van der Waals surface area contributed by atoms with E-state index in [0.29, 0.717) is 19.6 Å². The van der Waals surface area contributed by atoms with E-state index < -0.39 is 0 Å². The van der Waals surface area contributed by atoms with E-state index in [1.54, 1.807) is 24.1 Å². The molecule has 1 aliphatic rings. The number of ether oxygens (including phenoxy) is 1. The highest BCUT2D eigenvalue weighted by atomic mass is 19.1. The molecule has 1 unspecified atom stereocenters. The molecule has 7 heteroatoms. The van der Waals surface area contributed by atoms with Crippen LogP contribution in [0.3, 0.4) is 0 Å². The number of carbonyl (C=O) groups is 1. The molecular formula is C22H24FN3O3. The number of para-hydroxylation sites is 2. The van der Waals surface area contributed by atoms with Gasteiger partial charge in [-0.2, -0.15) is 0 Å². The minimum Gasteiger partial charge on any atom is -0.440 e. The lowest BCUT2D eigenvalue weighted by atomic mass is 9.97. The quantitative estimate of drug-likeness (QED) is 0.699. The highest BCUT2D eigenvalue weighted by molar-refractivity contribution is 5.74. The molecule has 0 saturated carbocycles. The summed E-state index contributed by atoms with van der Waals surface area (Å²) < 4.78 is 24.4. The Balaban J connectivity index is 1.30. The first kappa shape index (κ1) is 19.4. The Labute approximate surface area is 168 Å². The molecule has 3 aromatic rings. The lowest BCUT2D eigenvalue weighted by Gasteiger charge is -2.31. The number of piperidine rings is 1. The number of amides is 2. The van der Waals surface area contributed by atoms with Crippen LogP contribution in [0.5, 0.6) is 0 Å². The van der Waals surface area contributed by atoms with Gasteiger partial charge in [-0.1, -0.05) is 24.3 Å². The number of benzene rings is 2. The Bertz CT molecular complexity index is 932. The molecule has 0 bridgehead atoms. The third-order valence-electron chi connectivity index (χ3n) is 5.41. The van der Waals surface area contributed by atoms with Crippen LogP contribution in [0.4, 0.5) is 9.18 Å². The van der Waals surface area contributed by atoms with Gasteiger partial charge in [0.2, 0.25) is 0 Å². The van der Waals surface area contributed by atoms with Crippen LogP contribution in [0.2, 0.25) is 0 Å². The summed E-state index contributed by atoms with van der Waals surface area (Å²) in [6.07, 6.45) is 1.30. The average molecular weight is 397 g/mol. The van der Waals surface area contributed by atoms with Crippen LogP contribution in [0, 0.1) is 5.82 Å². The summed E-state index contributed by atoms with van der Waals surface area (Å²) in [5.74, 6) is 0.675. The molecule has 0 aliphatic carbocycles. The van der Waals surface area contributed by atoms with Crippen molar-refractivity contribution in [3.8, 4) is 0 Å². The predicted octanol–water partition coefficient (Wildman–Crippen LogP) is 4.24. The summed E-state index contributed by atoms with van der Waals surface area (Å²) >= 11 is 0. The molecule has 2 heterocycles. The molecule has 1 fully saturated rings. The largest absolute Gasteiger partial charge is 0.440 e. The summed E-state index contributed by atoms with van der Waals surface area (Å²) in [6, 6.07) is 13.7. The fraction of sp³-hybridized carbons (Fsp3) is 0.364. The number of hydrogen-bond donors (Lipinski definition) is 1. The van der Waals surface area contributed by atoms with Gasteiger partial charge < -0.3 is 19.4 Å². The summed E-state index contributed by atoms with van der Waals surface area (Å²) in [5, 5.41) is 2.92. The molecular weight excluding hydrogens is 373 g/mol. The number of likely N-dealkylation sites (tertiary alicyclic amines) is 1. The number of hydrogen-bond acceptors (Lipinski definition) is 4. The van der Waals surface area contributed by atoms with Crippen molar-refractivity contribution in [3.63, 3.8) is 0 Å². The normalized spacial score (nSPS) is 16.1. The number of oxazole rings is 1. The van der Waals surface area contributed by atoms with Crippen LogP contribution in [0.15, 0.2) is 52.9 Å². The van der Waals surface area contributed by atoms with E-state index in [4.69, 9.17) is 9.15 Å². The smallest absolute Gasteiger partial charge is 0.317 e. The first-order valence-electron chi connectivity index (χ1n) is 9.80. The van der Waals surface area contributed by atoms with E-state index in [1.807, 2.05) is 24.3 Å². The first-order valence-corrected chi connectivity index (χ1v) is 9.80. The van der Waals surface area contributed by atoms with Gasteiger partial charge in [0.05, 0.1) is 6.10 Å². The second-order valence-corrected chi connectivity index (χ2v) is 7.24. The van der Waals surface area contributed by atoms with E-state index in [9.17, 15) is 9.18 Å². The first-order chi connectivity index (χ1) is 14.1. The van der Waals surface area contributed by atoms with Crippen molar-refractivity contribution in [1.29, 1.82) is 0 Å². The van der Waals surface area contributed by atoms with E-state index in [-0.39, 0.29) is 23.9 Å². The second kappa shape index (κ2) is 8.61. The van der Waals surface area contributed by atoms with Crippen molar-refractivity contribution in [2.24, 2.45) is 0 Å². The zero-order chi connectivity index (χ0) is 20.2. The number of urea groups is 1. The number of aromatic nitrogens is 1. The third kappa shape index (κ3) is 4.40.